The molecule has 0 aromatic carbocycles. The van der Waals surface area contributed by atoms with Crippen molar-refractivity contribution >= 4 is 17.3 Å². The van der Waals surface area contributed by atoms with Crippen LogP contribution in [0.2, 0.25) is 0 Å². The summed E-state index contributed by atoms with van der Waals surface area (Å²) in [6.45, 7) is 1.24. The number of likely N-dealkylation sites (tertiary alicyclic amines) is 1. The van der Waals surface area contributed by atoms with Crippen LogP contribution in [0.1, 0.15) is 11.3 Å². The molecule has 1 aliphatic heterocycles. The SMILES string of the molecule is COC(=O)[C@@H]1C[C@@H](O)CN1Cc1cccs1. The Labute approximate surface area is 98.4 Å². The smallest absolute Gasteiger partial charge is 0.323 e. The summed E-state index contributed by atoms with van der Waals surface area (Å²) in [6.07, 6.45) is 0.0435. The summed E-state index contributed by atoms with van der Waals surface area (Å²) < 4.78 is 4.74. The molecule has 4 nitrogen and oxygen atoms in total. The van der Waals surface area contributed by atoms with Crippen LogP contribution in [0.15, 0.2) is 17.5 Å². The molecule has 0 amide bonds. The highest BCUT2D eigenvalue weighted by Crippen LogP contribution is 2.23. The Morgan fingerprint density at radius 3 is 3.19 bits per heavy atom. The number of esters is 1. The van der Waals surface area contributed by atoms with Crippen molar-refractivity contribution in [3.05, 3.63) is 22.4 Å². The summed E-state index contributed by atoms with van der Waals surface area (Å²) in [5.74, 6) is -0.256. The minimum absolute atomic E-state index is 0.256. The number of methoxy groups -OCH3 is 1. The molecule has 1 saturated heterocycles. The van der Waals surface area contributed by atoms with E-state index in [4.69, 9.17) is 4.74 Å². The first kappa shape index (κ1) is 11.6. The minimum atomic E-state index is -0.427. The van der Waals surface area contributed by atoms with Crippen LogP contribution in [-0.4, -0.2) is 41.8 Å². The molecule has 0 bridgehead atoms. The first-order valence-corrected chi connectivity index (χ1v) is 6.11. The summed E-state index contributed by atoms with van der Waals surface area (Å²) in [4.78, 5) is 14.7. The molecule has 1 fully saturated rings. The van der Waals surface area contributed by atoms with E-state index in [1.165, 1.54) is 12.0 Å². The fraction of sp³-hybridized carbons (Fsp3) is 0.545. The van der Waals surface area contributed by atoms with Crippen LogP contribution < -0.4 is 0 Å². The minimum Gasteiger partial charge on any atom is -0.468 e. The number of aliphatic hydroxyl groups is 1. The normalized spacial score (nSPS) is 25.9. The van der Waals surface area contributed by atoms with E-state index in [9.17, 15) is 9.90 Å². The van der Waals surface area contributed by atoms with Gasteiger partial charge in [0.05, 0.1) is 13.2 Å². The van der Waals surface area contributed by atoms with Gasteiger partial charge in [-0.15, -0.1) is 11.3 Å². The number of aliphatic hydroxyl groups excluding tert-OH is 1. The zero-order valence-corrected chi connectivity index (χ0v) is 9.94. The molecule has 1 aliphatic rings. The van der Waals surface area contributed by atoms with E-state index >= 15 is 0 Å². The fourth-order valence-corrected chi connectivity index (χ4v) is 2.77. The molecule has 0 spiro atoms. The maximum atomic E-state index is 11.5. The van der Waals surface area contributed by atoms with Gasteiger partial charge in [-0.25, -0.2) is 0 Å². The monoisotopic (exact) mass is 241 g/mol. The van der Waals surface area contributed by atoms with Crippen LogP contribution >= 0.6 is 11.3 Å². The van der Waals surface area contributed by atoms with Crippen LogP contribution in [0.25, 0.3) is 0 Å². The van der Waals surface area contributed by atoms with Gasteiger partial charge in [-0.2, -0.15) is 0 Å². The van der Waals surface area contributed by atoms with Crippen molar-refractivity contribution in [1.29, 1.82) is 0 Å². The van der Waals surface area contributed by atoms with Crippen LogP contribution in [-0.2, 0) is 16.1 Å². The van der Waals surface area contributed by atoms with E-state index < -0.39 is 6.10 Å². The summed E-state index contributed by atoms with van der Waals surface area (Å²) in [6, 6.07) is 3.71. The predicted molar refractivity (Wildman–Crippen MR) is 61.2 cm³/mol. The summed E-state index contributed by atoms with van der Waals surface area (Å²) in [7, 11) is 1.39. The number of hydrogen-bond donors (Lipinski definition) is 1. The van der Waals surface area contributed by atoms with E-state index in [-0.39, 0.29) is 12.0 Å². The maximum Gasteiger partial charge on any atom is 0.323 e. The van der Waals surface area contributed by atoms with Crippen molar-refractivity contribution in [2.75, 3.05) is 13.7 Å². The van der Waals surface area contributed by atoms with Gasteiger partial charge in [0, 0.05) is 24.4 Å². The summed E-state index contributed by atoms with van der Waals surface area (Å²) in [5, 5.41) is 11.6. The van der Waals surface area contributed by atoms with Crippen molar-refractivity contribution in [3.8, 4) is 0 Å². The van der Waals surface area contributed by atoms with E-state index in [2.05, 4.69) is 0 Å². The molecular formula is C11H15NO3S. The van der Waals surface area contributed by atoms with Crippen molar-refractivity contribution in [3.63, 3.8) is 0 Å². The van der Waals surface area contributed by atoms with Gasteiger partial charge in [-0.05, 0) is 11.4 Å². The van der Waals surface area contributed by atoms with Gasteiger partial charge in [0.1, 0.15) is 6.04 Å². The zero-order valence-electron chi connectivity index (χ0n) is 9.13. The quantitative estimate of drug-likeness (QED) is 0.797. The fourth-order valence-electron chi connectivity index (χ4n) is 2.04. The molecule has 0 unspecified atom stereocenters. The van der Waals surface area contributed by atoms with E-state index in [0.29, 0.717) is 19.5 Å². The van der Waals surface area contributed by atoms with Crippen molar-refractivity contribution in [2.45, 2.75) is 25.1 Å². The maximum absolute atomic E-state index is 11.5. The lowest BCUT2D eigenvalue weighted by molar-refractivity contribution is -0.146. The topological polar surface area (TPSA) is 49.8 Å². The molecule has 2 rings (SSSR count). The number of nitrogens with zero attached hydrogens (tertiary/aromatic N) is 1. The molecule has 1 aromatic rings. The molecule has 5 heteroatoms. The van der Waals surface area contributed by atoms with Crippen LogP contribution in [0.3, 0.4) is 0 Å². The second-order valence-corrected chi connectivity index (χ2v) is 4.97. The zero-order chi connectivity index (χ0) is 11.5. The van der Waals surface area contributed by atoms with Gasteiger partial charge < -0.3 is 9.84 Å². The van der Waals surface area contributed by atoms with Gasteiger partial charge >= 0.3 is 5.97 Å². The molecule has 16 heavy (non-hydrogen) atoms. The molecule has 0 saturated carbocycles. The number of thiophene rings is 1. The number of rotatable bonds is 3. The van der Waals surface area contributed by atoms with E-state index in [1.807, 2.05) is 22.4 Å². The van der Waals surface area contributed by atoms with Gasteiger partial charge in [0.2, 0.25) is 0 Å². The Bertz CT molecular complexity index is 352. The Balaban J connectivity index is 2.04. The molecule has 0 radical (unpaired) electrons. The molecule has 1 aromatic heterocycles. The standard InChI is InChI=1S/C11H15NO3S/c1-15-11(14)10-5-8(13)6-12(10)7-9-3-2-4-16-9/h2-4,8,10,13H,5-7H2,1H3/t8-,10+/m1/s1. The van der Waals surface area contributed by atoms with Crippen molar-refractivity contribution in [2.24, 2.45) is 0 Å². The van der Waals surface area contributed by atoms with E-state index in [0.717, 1.165) is 0 Å². The lowest BCUT2D eigenvalue weighted by Crippen LogP contribution is -2.36. The third kappa shape index (κ3) is 2.42. The number of carbonyl (C=O) groups excluding carboxylic acids is 1. The first-order valence-electron chi connectivity index (χ1n) is 5.23. The van der Waals surface area contributed by atoms with Crippen LogP contribution in [0, 0.1) is 0 Å². The Morgan fingerprint density at radius 2 is 2.56 bits per heavy atom. The van der Waals surface area contributed by atoms with Crippen LogP contribution in [0.5, 0.6) is 0 Å². The van der Waals surface area contributed by atoms with Gasteiger partial charge in [0.15, 0.2) is 0 Å². The van der Waals surface area contributed by atoms with Crippen LogP contribution in [0.4, 0.5) is 0 Å². The molecule has 2 atom stereocenters. The van der Waals surface area contributed by atoms with Gasteiger partial charge in [0.25, 0.3) is 0 Å². The van der Waals surface area contributed by atoms with E-state index in [1.54, 1.807) is 11.3 Å². The average molecular weight is 241 g/mol. The highest BCUT2D eigenvalue weighted by atomic mass is 32.1. The molecule has 0 aliphatic carbocycles. The molecule has 88 valence electrons. The number of β-amino-alcohol motifs (C(OH)–C–C–N with tert-alkyl or cyclic N) is 1. The molecular weight excluding hydrogens is 226 g/mol. The second-order valence-electron chi connectivity index (χ2n) is 3.94. The Hall–Kier alpha value is -0.910. The third-order valence-corrected chi connectivity index (χ3v) is 3.65. The highest BCUT2D eigenvalue weighted by molar-refractivity contribution is 7.09. The Kier molecular flexibility index (Phi) is 3.58. The van der Waals surface area contributed by atoms with Crippen molar-refractivity contribution < 1.29 is 14.6 Å². The largest absolute Gasteiger partial charge is 0.468 e. The highest BCUT2D eigenvalue weighted by Gasteiger charge is 2.36. The second kappa shape index (κ2) is 4.95. The number of ether oxygens (including phenoxy) is 1. The average Bonchev–Trinajstić information content (AvgIpc) is 2.88. The third-order valence-electron chi connectivity index (χ3n) is 2.79. The lowest BCUT2D eigenvalue weighted by atomic mass is 10.2. The Morgan fingerprint density at radius 1 is 1.75 bits per heavy atom. The first-order chi connectivity index (χ1) is 7.70. The molecule has 2 heterocycles. The lowest BCUT2D eigenvalue weighted by Gasteiger charge is -2.20. The summed E-state index contributed by atoms with van der Waals surface area (Å²) in [5.41, 5.74) is 0. The predicted octanol–water partition coefficient (Wildman–Crippen LogP) is 0.856. The van der Waals surface area contributed by atoms with Gasteiger partial charge in [-0.3, -0.25) is 9.69 Å². The van der Waals surface area contributed by atoms with Crippen molar-refractivity contribution in [1.82, 2.24) is 4.90 Å². The van der Waals surface area contributed by atoms with Gasteiger partial charge in [-0.1, -0.05) is 6.07 Å². The number of carbonyl (C=O) groups is 1. The molecule has 1 N–H and O–H groups in total. The number of hydrogen-bond acceptors (Lipinski definition) is 5. The summed E-state index contributed by atoms with van der Waals surface area (Å²) >= 11 is 1.66.